The van der Waals surface area contributed by atoms with Gasteiger partial charge in [0.1, 0.15) is 5.56 Å². The standard InChI is InChI=1S/C18H22N4O4/c1-12-14(10-19-22(12)13-8-6-5-7-9-13)16(24)26-11-15(23)20-17(25)21-18(2,3)4/h5-10H,11H2,1-4H3,(H2,20,21,23,25). The van der Waals surface area contributed by atoms with Crippen molar-refractivity contribution in [3.05, 3.63) is 47.8 Å². The van der Waals surface area contributed by atoms with Crippen molar-refractivity contribution in [2.75, 3.05) is 6.61 Å². The first-order chi connectivity index (χ1) is 12.2. The highest BCUT2D eigenvalue weighted by atomic mass is 16.5. The van der Waals surface area contributed by atoms with Crippen LogP contribution in [-0.4, -0.2) is 39.8 Å². The van der Waals surface area contributed by atoms with Crippen LogP contribution in [0.5, 0.6) is 0 Å². The fraction of sp³-hybridized carbons (Fsp3) is 0.333. The van der Waals surface area contributed by atoms with Crippen LogP contribution in [0.3, 0.4) is 0 Å². The molecule has 0 aliphatic rings. The molecule has 0 radical (unpaired) electrons. The molecule has 0 aliphatic heterocycles. The Hall–Kier alpha value is -3.16. The van der Waals surface area contributed by atoms with E-state index in [0.29, 0.717) is 5.69 Å². The zero-order chi connectivity index (χ0) is 19.3. The fourth-order valence-electron chi connectivity index (χ4n) is 2.18. The van der Waals surface area contributed by atoms with Crippen molar-refractivity contribution in [1.29, 1.82) is 0 Å². The van der Waals surface area contributed by atoms with E-state index < -0.39 is 30.1 Å². The summed E-state index contributed by atoms with van der Waals surface area (Å²) in [6.07, 6.45) is 1.38. The highest BCUT2D eigenvalue weighted by Gasteiger charge is 2.19. The molecule has 2 rings (SSSR count). The lowest BCUT2D eigenvalue weighted by Crippen LogP contribution is -2.49. The molecule has 1 heterocycles. The molecule has 26 heavy (non-hydrogen) atoms. The second-order valence-corrected chi connectivity index (χ2v) is 6.72. The maximum atomic E-state index is 12.2. The summed E-state index contributed by atoms with van der Waals surface area (Å²) >= 11 is 0. The van der Waals surface area contributed by atoms with Gasteiger partial charge < -0.3 is 10.1 Å². The Balaban J connectivity index is 1.94. The highest BCUT2D eigenvalue weighted by Crippen LogP contribution is 2.14. The van der Waals surface area contributed by atoms with Gasteiger partial charge in [-0.15, -0.1) is 0 Å². The molecular formula is C18H22N4O4. The van der Waals surface area contributed by atoms with Crippen LogP contribution < -0.4 is 10.6 Å². The summed E-state index contributed by atoms with van der Waals surface area (Å²) in [5.41, 5.74) is 1.16. The number of aromatic nitrogens is 2. The van der Waals surface area contributed by atoms with E-state index in [0.717, 1.165) is 5.69 Å². The molecule has 0 aliphatic carbocycles. The number of imide groups is 1. The molecule has 2 N–H and O–H groups in total. The zero-order valence-corrected chi connectivity index (χ0v) is 15.2. The molecule has 0 saturated heterocycles. The molecule has 8 heteroatoms. The van der Waals surface area contributed by atoms with Gasteiger partial charge in [0.15, 0.2) is 6.61 Å². The smallest absolute Gasteiger partial charge is 0.342 e. The number of urea groups is 1. The number of para-hydroxylation sites is 1. The minimum absolute atomic E-state index is 0.251. The normalized spacial score (nSPS) is 10.9. The number of benzene rings is 1. The van der Waals surface area contributed by atoms with E-state index in [9.17, 15) is 14.4 Å². The van der Waals surface area contributed by atoms with Crippen LogP contribution in [0.1, 0.15) is 36.8 Å². The highest BCUT2D eigenvalue weighted by molar-refractivity contribution is 5.97. The molecule has 138 valence electrons. The van der Waals surface area contributed by atoms with E-state index in [-0.39, 0.29) is 5.56 Å². The first-order valence-corrected chi connectivity index (χ1v) is 8.06. The molecule has 3 amide bonds. The first kappa shape index (κ1) is 19.2. The van der Waals surface area contributed by atoms with Gasteiger partial charge in [0.2, 0.25) is 0 Å². The van der Waals surface area contributed by atoms with Gasteiger partial charge in [-0.1, -0.05) is 18.2 Å². The van der Waals surface area contributed by atoms with E-state index in [1.54, 1.807) is 32.4 Å². The third-order valence-electron chi connectivity index (χ3n) is 3.31. The molecule has 2 aromatic rings. The number of hydrogen-bond donors (Lipinski definition) is 2. The van der Waals surface area contributed by atoms with Gasteiger partial charge >= 0.3 is 12.0 Å². The van der Waals surface area contributed by atoms with E-state index in [4.69, 9.17) is 4.74 Å². The monoisotopic (exact) mass is 358 g/mol. The predicted molar refractivity (Wildman–Crippen MR) is 95.0 cm³/mol. The summed E-state index contributed by atoms with van der Waals surface area (Å²) in [4.78, 5) is 35.5. The Bertz CT molecular complexity index is 806. The number of esters is 1. The van der Waals surface area contributed by atoms with Gasteiger partial charge in [-0.25, -0.2) is 14.3 Å². The topological polar surface area (TPSA) is 102 Å². The molecule has 8 nitrogen and oxygen atoms in total. The third-order valence-corrected chi connectivity index (χ3v) is 3.31. The molecule has 0 fully saturated rings. The van der Waals surface area contributed by atoms with Gasteiger partial charge in [0.05, 0.1) is 17.6 Å². The van der Waals surface area contributed by atoms with Crippen molar-refractivity contribution in [1.82, 2.24) is 20.4 Å². The molecular weight excluding hydrogens is 336 g/mol. The summed E-state index contributed by atoms with van der Waals surface area (Å²) < 4.78 is 6.57. The van der Waals surface area contributed by atoms with Gasteiger partial charge in [-0.05, 0) is 39.8 Å². The van der Waals surface area contributed by atoms with E-state index in [1.165, 1.54) is 6.20 Å². The number of hydrogen-bond acceptors (Lipinski definition) is 5. The van der Waals surface area contributed by atoms with Gasteiger partial charge in [-0.3, -0.25) is 10.1 Å². The number of carbonyl (C=O) groups is 3. The van der Waals surface area contributed by atoms with Crippen LogP contribution in [0.25, 0.3) is 5.69 Å². The van der Waals surface area contributed by atoms with Gasteiger partial charge in [0.25, 0.3) is 5.91 Å². The average Bonchev–Trinajstić information content (AvgIpc) is 2.93. The van der Waals surface area contributed by atoms with Crippen molar-refractivity contribution >= 4 is 17.9 Å². The van der Waals surface area contributed by atoms with E-state index >= 15 is 0 Å². The number of carbonyl (C=O) groups excluding carboxylic acids is 3. The summed E-state index contributed by atoms with van der Waals surface area (Å²) in [7, 11) is 0. The van der Waals surface area contributed by atoms with Crippen LogP contribution in [0, 0.1) is 6.92 Å². The van der Waals surface area contributed by atoms with Gasteiger partial charge in [0, 0.05) is 5.54 Å². The number of rotatable bonds is 4. The lowest BCUT2D eigenvalue weighted by molar-refractivity contribution is -0.123. The van der Waals surface area contributed by atoms with Crippen molar-refractivity contribution in [2.45, 2.75) is 33.2 Å². The summed E-state index contributed by atoms with van der Waals surface area (Å²) in [6, 6.07) is 8.67. The second kappa shape index (κ2) is 7.81. The van der Waals surface area contributed by atoms with Crippen molar-refractivity contribution in [3.63, 3.8) is 0 Å². The number of nitrogens with zero attached hydrogens (tertiary/aromatic N) is 2. The Labute approximate surface area is 151 Å². The van der Waals surface area contributed by atoms with Crippen LogP contribution in [0.15, 0.2) is 36.5 Å². The molecule has 0 bridgehead atoms. The van der Waals surface area contributed by atoms with Crippen molar-refractivity contribution in [2.24, 2.45) is 0 Å². The maximum absolute atomic E-state index is 12.2. The van der Waals surface area contributed by atoms with E-state index in [1.807, 2.05) is 30.3 Å². The molecule has 1 aromatic carbocycles. The predicted octanol–water partition coefficient (Wildman–Crippen LogP) is 1.96. The number of amides is 3. The number of ether oxygens (including phenoxy) is 1. The SMILES string of the molecule is Cc1c(C(=O)OCC(=O)NC(=O)NC(C)(C)C)cnn1-c1ccccc1. The molecule has 0 atom stereocenters. The zero-order valence-electron chi connectivity index (χ0n) is 15.2. The summed E-state index contributed by atoms with van der Waals surface area (Å²) in [5.74, 6) is -1.40. The van der Waals surface area contributed by atoms with Crippen molar-refractivity contribution < 1.29 is 19.1 Å². The first-order valence-electron chi connectivity index (χ1n) is 8.06. The molecule has 0 unspecified atom stereocenters. The minimum atomic E-state index is -0.715. The fourth-order valence-corrected chi connectivity index (χ4v) is 2.18. The van der Waals surface area contributed by atoms with Crippen LogP contribution in [-0.2, 0) is 9.53 Å². The Morgan fingerprint density at radius 1 is 1.15 bits per heavy atom. The average molecular weight is 358 g/mol. The Morgan fingerprint density at radius 2 is 1.81 bits per heavy atom. The molecule has 0 spiro atoms. The maximum Gasteiger partial charge on any atom is 0.342 e. The van der Waals surface area contributed by atoms with Gasteiger partial charge in [-0.2, -0.15) is 5.10 Å². The van der Waals surface area contributed by atoms with Crippen LogP contribution in [0.2, 0.25) is 0 Å². The summed E-state index contributed by atoms with van der Waals surface area (Å²) in [6.45, 7) is 6.51. The van der Waals surface area contributed by atoms with Crippen LogP contribution in [0.4, 0.5) is 4.79 Å². The largest absolute Gasteiger partial charge is 0.452 e. The molecule has 1 aromatic heterocycles. The second-order valence-electron chi connectivity index (χ2n) is 6.72. The number of nitrogens with one attached hydrogen (secondary N) is 2. The molecule has 0 saturated carbocycles. The van der Waals surface area contributed by atoms with Crippen molar-refractivity contribution in [3.8, 4) is 5.69 Å². The lowest BCUT2D eigenvalue weighted by Gasteiger charge is -2.20. The van der Waals surface area contributed by atoms with E-state index in [2.05, 4.69) is 15.7 Å². The van der Waals surface area contributed by atoms with Crippen LogP contribution >= 0.6 is 0 Å². The quantitative estimate of drug-likeness (QED) is 0.814. The minimum Gasteiger partial charge on any atom is -0.452 e. The third kappa shape index (κ3) is 5.17. The Morgan fingerprint density at radius 3 is 2.42 bits per heavy atom. The summed E-state index contributed by atoms with van der Waals surface area (Å²) in [5, 5.41) is 8.85. The lowest BCUT2D eigenvalue weighted by atomic mass is 10.1. The Kier molecular flexibility index (Phi) is 5.76.